The van der Waals surface area contributed by atoms with Crippen molar-refractivity contribution in [1.82, 2.24) is 0 Å². The van der Waals surface area contributed by atoms with Crippen LogP contribution in [0.3, 0.4) is 0 Å². The maximum absolute atomic E-state index is 15.1. The SMILES string of the molecule is C[C@@H]1O[C@@H](O[C@H]2[C@@H](O[C@H]3CC[C@]4(C)[C@H]5C(=O)C=C6[C@@H]7C[C@@](C)(C(=O)O)CC[C@]7(C)CC[C@@]6(C)[C@]5(C)CC[C@H]4C3(C)C)O[C@H](CO)[C@@H](O)[C@@H]2O)[C@H](O)[C@H](O[C@@H]2O[C@H](CO)[C@@H](O)[C@H](O)[C@H]2O)[C@H]1O[C@@H]1O[C@@H](CO)[C@H](O)[C@H]1O. The smallest absolute Gasteiger partial charge is 0.309 e. The van der Waals surface area contributed by atoms with E-state index in [1.807, 2.05) is 13.0 Å². The van der Waals surface area contributed by atoms with Crippen LogP contribution >= 0.6 is 0 Å². The largest absolute Gasteiger partial charge is 0.481 e. The Balaban J connectivity index is 0.973. The van der Waals surface area contributed by atoms with E-state index >= 15 is 4.79 Å². The van der Waals surface area contributed by atoms with E-state index < -0.39 is 170 Å². The summed E-state index contributed by atoms with van der Waals surface area (Å²) in [5, 5.41) is 129. The van der Waals surface area contributed by atoms with E-state index in [0.29, 0.717) is 25.7 Å². The molecule has 0 spiro atoms. The number of fused-ring (bicyclic) bond motifs is 7. The number of ketones is 1. The molecule has 8 fully saturated rings. The number of rotatable bonds is 12. The molecular formula is C53H84O22. The van der Waals surface area contributed by atoms with Crippen LogP contribution in [-0.4, -0.2) is 216 Å². The Kier molecular flexibility index (Phi) is 15.9. The minimum absolute atomic E-state index is 0.0313. The number of aliphatic carboxylic acids is 1. The molecule has 428 valence electrons. The number of carboxylic acids is 1. The molecule has 4 aliphatic heterocycles. The second kappa shape index (κ2) is 20.6. The Hall–Kier alpha value is -1.88. The van der Waals surface area contributed by atoms with Crippen molar-refractivity contribution >= 4 is 11.8 Å². The molecule has 0 aromatic rings. The number of hydrogen-bond acceptors (Lipinski definition) is 21. The summed E-state index contributed by atoms with van der Waals surface area (Å²) in [7, 11) is 0. The number of hydrogen-bond donors (Lipinski definition) is 12. The van der Waals surface area contributed by atoms with Crippen LogP contribution in [0, 0.1) is 50.2 Å². The first kappa shape index (κ1) is 57.8. The molecule has 0 amide bonds. The predicted molar refractivity (Wildman–Crippen MR) is 256 cm³/mol. The van der Waals surface area contributed by atoms with Gasteiger partial charge in [0.15, 0.2) is 30.9 Å². The van der Waals surface area contributed by atoms with Crippen molar-refractivity contribution in [2.24, 2.45) is 50.2 Å². The molecule has 9 rings (SSSR count). The van der Waals surface area contributed by atoms with Crippen molar-refractivity contribution in [3.63, 3.8) is 0 Å². The molecule has 0 aromatic heterocycles. The highest BCUT2D eigenvalue weighted by Gasteiger charge is 2.71. The molecule has 4 heterocycles. The first-order valence-electron chi connectivity index (χ1n) is 27.1. The van der Waals surface area contributed by atoms with Gasteiger partial charge in [-0.1, -0.05) is 47.1 Å². The van der Waals surface area contributed by atoms with Gasteiger partial charge in [-0.2, -0.15) is 0 Å². The fourth-order valence-electron chi connectivity index (χ4n) is 16.1. The number of aliphatic hydroxyl groups is 11. The average molecular weight is 1070 g/mol. The van der Waals surface area contributed by atoms with E-state index in [0.717, 1.165) is 37.7 Å². The number of carbonyl (C=O) groups excluding carboxylic acids is 1. The predicted octanol–water partition coefficient (Wildman–Crippen LogP) is -0.624. The minimum atomic E-state index is -1.98. The summed E-state index contributed by atoms with van der Waals surface area (Å²) >= 11 is 0. The molecule has 0 unspecified atom stereocenters. The molecule has 22 nitrogen and oxygen atoms in total. The Morgan fingerprint density at radius 2 is 1.11 bits per heavy atom. The Morgan fingerprint density at radius 1 is 0.587 bits per heavy atom. The second-order valence-corrected chi connectivity index (χ2v) is 25.7. The van der Waals surface area contributed by atoms with E-state index in [1.165, 1.54) is 6.92 Å². The van der Waals surface area contributed by atoms with E-state index in [4.69, 9.17) is 37.9 Å². The fraction of sp³-hybridized carbons (Fsp3) is 0.925. The highest BCUT2D eigenvalue weighted by Crippen LogP contribution is 2.75. The van der Waals surface area contributed by atoms with Gasteiger partial charge in [0.1, 0.15) is 85.5 Å². The van der Waals surface area contributed by atoms with Crippen molar-refractivity contribution in [3.05, 3.63) is 11.6 Å². The molecular weight excluding hydrogens is 989 g/mol. The highest BCUT2D eigenvalue weighted by atomic mass is 16.8. The van der Waals surface area contributed by atoms with Gasteiger partial charge in [0.25, 0.3) is 0 Å². The third kappa shape index (κ3) is 9.22. The lowest BCUT2D eigenvalue weighted by Crippen LogP contribution is -2.68. The summed E-state index contributed by atoms with van der Waals surface area (Å²) < 4.78 is 48.9. The molecule has 22 heteroatoms. The standard InChI is InChI=1S/C53H84O22/c1-22-39(73-43-36(63)33(60)28(21-56)70-43)40(74-44-37(64)34(61)31(58)26(19-54)69-44)38(65)45(68-22)75-41-35(62)32(59)27(20-55)71-46(41)72-30-10-11-51(6)29(48(30,2)3)9-12-53(8)42(51)25(57)17-23-24-18-50(5,47(66)67)14-13-49(24,4)15-16-52(23,53)7/h17,22,24,26-46,54-56,58-65H,9-16,18-21H2,1-8H3,(H,66,67)/t22-,24-,26+,27+,28-,29-,30-,31+,32+,33-,34-,35-,36+,37+,38+,39-,40-,41+,42+,43-,44-,45-,46+,49+,50-,51-,52+,53+/m0/s1. The van der Waals surface area contributed by atoms with Gasteiger partial charge in [-0.05, 0) is 117 Å². The lowest BCUT2D eigenvalue weighted by atomic mass is 9.33. The Labute approximate surface area is 437 Å². The normalized spacial score (nSPS) is 54.7. The summed E-state index contributed by atoms with van der Waals surface area (Å²) in [5.41, 5.74) is -1.82. The van der Waals surface area contributed by atoms with Crippen LogP contribution in [0.15, 0.2) is 11.6 Å². The number of carboxylic acid groups (broad SMARTS) is 1. The van der Waals surface area contributed by atoms with E-state index in [2.05, 4.69) is 41.5 Å². The van der Waals surface area contributed by atoms with Crippen LogP contribution in [-0.2, 0) is 47.5 Å². The molecule has 4 saturated carbocycles. The van der Waals surface area contributed by atoms with E-state index in [9.17, 15) is 66.1 Å². The molecule has 0 bridgehead atoms. The summed E-state index contributed by atoms with van der Waals surface area (Å²) in [4.78, 5) is 27.7. The van der Waals surface area contributed by atoms with Crippen LogP contribution < -0.4 is 0 Å². The van der Waals surface area contributed by atoms with Gasteiger partial charge in [-0.25, -0.2) is 0 Å². The van der Waals surface area contributed by atoms with Gasteiger partial charge in [0, 0.05) is 5.92 Å². The van der Waals surface area contributed by atoms with Gasteiger partial charge in [0.2, 0.25) is 0 Å². The van der Waals surface area contributed by atoms with Crippen molar-refractivity contribution in [2.75, 3.05) is 19.8 Å². The van der Waals surface area contributed by atoms with Crippen LogP contribution in [0.1, 0.15) is 113 Å². The van der Waals surface area contributed by atoms with Crippen LogP contribution in [0.25, 0.3) is 0 Å². The average Bonchev–Trinajstić information content (AvgIpc) is 3.63. The van der Waals surface area contributed by atoms with Crippen molar-refractivity contribution in [2.45, 2.75) is 236 Å². The number of allylic oxidation sites excluding steroid dienone is 2. The number of ether oxygens (including phenoxy) is 8. The molecule has 12 N–H and O–H groups in total. The second-order valence-electron chi connectivity index (χ2n) is 25.7. The topological polar surface area (TPSA) is 351 Å². The van der Waals surface area contributed by atoms with Gasteiger partial charge in [-0.15, -0.1) is 0 Å². The lowest BCUT2D eigenvalue weighted by molar-refractivity contribution is -0.397. The van der Waals surface area contributed by atoms with Crippen molar-refractivity contribution < 1.29 is 109 Å². The maximum Gasteiger partial charge on any atom is 0.309 e. The van der Waals surface area contributed by atoms with E-state index in [-0.39, 0.29) is 34.4 Å². The molecule has 9 aliphatic rings. The third-order valence-corrected chi connectivity index (χ3v) is 21.1. The zero-order valence-corrected chi connectivity index (χ0v) is 44.3. The zero-order chi connectivity index (χ0) is 54.9. The zero-order valence-electron chi connectivity index (χ0n) is 44.3. The third-order valence-electron chi connectivity index (χ3n) is 21.1. The highest BCUT2D eigenvalue weighted by molar-refractivity contribution is 5.95. The molecule has 5 aliphatic carbocycles. The van der Waals surface area contributed by atoms with Crippen LogP contribution in [0.2, 0.25) is 0 Å². The first-order chi connectivity index (χ1) is 35.0. The van der Waals surface area contributed by atoms with Crippen LogP contribution in [0.4, 0.5) is 0 Å². The van der Waals surface area contributed by atoms with Gasteiger partial charge < -0.3 is 99.2 Å². The first-order valence-corrected chi connectivity index (χ1v) is 27.1. The van der Waals surface area contributed by atoms with Crippen LogP contribution in [0.5, 0.6) is 0 Å². The maximum atomic E-state index is 15.1. The van der Waals surface area contributed by atoms with Gasteiger partial charge in [-0.3, -0.25) is 9.59 Å². The lowest BCUT2D eigenvalue weighted by Gasteiger charge is -2.70. The fourth-order valence-corrected chi connectivity index (χ4v) is 16.1. The van der Waals surface area contributed by atoms with Crippen molar-refractivity contribution in [1.29, 1.82) is 0 Å². The number of aliphatic hydroxyl groups excluding tert-OH is 11. The Bertz CT molecular complexity index is 2130. The number of carbonyl (C=O) groups is 2. The quantitative estimate of drug-likeness (QED) is 0.108. The summed E-state index contributed by atoms with van der Waals surface area (Å²) in [6.45, 7) is 14.3. The van der Waals surface area contributed by atoms with Gasteiger partial charge >= 0.3 is 5.97 Å². The Morgan fingerprint density at radius 3 is 1.71 bits per heavy atom. The van der Waals surface area contributed by atoms with E-state index in [1.54, 1.807) is 0 Å². The van der Waals surface area contributed by atoms with Gasteiger partial charge in [0.05, 0.1) is 37.4 Å². The molecule has 75 heavy (non-hydrogen) atoms. The molecule has 0 radical (unpaired) electrons. The van der Waals surface area contributed by atoms with Crippen molar-refractivity contribution in [3.8, 4) is 0 Å². The minimum Gasteiger partial charge on any atom is -0.481 e. The molecule has 0 aromatic carbocycles. The summed E-state index contributed by atoms with van der Waals surface area (Å²) in [6.07, 6.45) is -23.8. The molecule has 28 atom stereocenters. The summed E-state index contributed by atoms with van der Waals surface area (Å²) in [6, 6.07) is 0. The summed E-state index contributed by atoms with van der Waals surface area (Å²) in [5.74, 6) is -1.18. The monoisotopic (exact) mass is 1070 g/mol. The molecule has 4 saturated heterocycles.